The Hall–Kier alpha value is -1.77. The Kier molecular flexibility index (Phi) is 2.85. The summed E-state index contributed by atoms with van der Waals surface area (Å²) in [5, 5.41) is 10.7. The molecule has 1 N–H and O–H groups in total. The first-order valence-electron chi connectivity index (χ1n) is 6.86. The van der Waals surface area contributed by atoms with Crippen molar-refractivity contribution in [3.63, 3.8) is 0 Å². The molecule has 3 nitrogen and oxygen atoms in total. The highest BCUT2D eigenvalue weighted by molar-refractivity contribution is 5.85. The van der Waals surface area contributed by atoms with E-state index in [2.05, 4.69) is 0 Å². The van der Waals surface area contributed by atoms with Crippen LogP contribution in [0.4, 0.5) is 0 Å². The summed E-state index contributed by atoms with van der Waals surface area (Å²) in [7, 11) is 0. The van der Waals surface area contributed by atoms with Crippen molar-refractivity contribution in [3.8, 4) is 0 Å². The molecule has 0 unspecified atom stereocenters. The molecule has 1 aromatic heterocycles. The number of hydrogen-bond acceptors (Lipinski definition) is 2. The molecule has 0 aliphatic heterocycles. The normalized spacial score (nSPS) is 18.6. The molecule has 0 amide bonds. The highest BCUT2D eigenvalue weighted by Crippen LogP contribution is 2.40. The lowest BCUT2D eigenvalue weighted by molar-refractivity contribution is -0.145. The topological polar surface area (TPSA) is 50.4 Å². The van der Waals surface area contributed by atoms with E-state index in [9.17, 15) is 9.90 Å². The van der Waals surface area contributed by atoms with Crippen LogP contribution in [0.5, 0.6) is 0 Å². The van der Waals surface area contributed by atoms with Crippen LogP contribution in [0.25, 0.3) is 11.0 Å². The summed E-state index contributed by atoms with van der Waals surface area (Å²) in [6, 6.07) is 7.83. The van der Waals surface area contributed by atoms with E-state index in [0.717, 1.165) is 54.4 Å². The van der Waals surface area contributed by atoms with Gasteiger partial charge in [-0.3, -0.25) is 4.79 Å². The summed E-state index contributed by atoms with van der Waals surface area (Å²) in [5.74, 6) is 0.162. The van der Waals surface area contributed by atoms with Crippen molar-refractivity contribution in [1.29, 1.82) is 0 Å². The van der Waals surface area contributed by atoms with Crippen molar-refractivity contribution in [2.45, 2.75) is 44.4 Å². The van der Waals surface area contributed by atoms with Crippen molar-refractivity contribution >= 4 is 16.9 Å². The van der Waals surface area contributed by atoms with Gasteiger partial charge in [-0.05, 0) is 37.5 Å². The lowest BCUT2D eigenvalue weighted by Gasteiger charge is -2.33. The molecule has 1 fully saturated rings. The van der Waals surface area contributed by atoms with Gasteiger partial charge in [-0.25, -0.2) is 0 Å². The molecule has 100 valence electrons. The molecular weight excluding hydrogens is 240 g/mol. The van der Waals surface area contributed by atoms with Crippen LogP contribution in [0.1, 0.15) is 43.4 Å². The van der Waals surface area contributed by atoms with Gasteiger partial charge in [-0.2, -0.15) is 0 Å². The molecule has 0 atom stereocenters. The Bertz CT molecular complexity index is 618. The number of fused-ring (bicyclic) bond motifs is 1. The van der Waals surface area contributed by atoms with Crippen molar-refractivity contribution in [2.75, 3.05) is 0 Å². The van der Waals surface area contributed by atoms with Crippen LogP contribution in [-0.4, -0.2) is 11.1 Å². The van der Waals surface area contributed by atoms with Crippen LogP contribution in [0.2, 0.25) is 0 Å². The third-order valence-electron chi connectivity index (χ3n) is 4.31. The fourth-order valence-corrected chi connectivity index (χ4v) is 3.24. The van der Waals surface area contributed by atoms with E-state index in [0.29, 0.717) is 0 Å². The molecule has 2 aromatic rings. The Morgan fingerprint density at radius 1 is 1.21 bits per heavy atom. The number of furan rings is 1. The summed E-state index contributed by atoms with van der Waals surface area (Å²) in [5.41, 5.74) is 0.968. The second-order valence-corrected chi connectivity index (χ2v) is 5.56. The van der Waals surface area contributed by atoms with Gasteiger partial charge in [0.2, 0.25) is 0 Å². The molecule has 19 heavy (non-hydrogen) atoms. The summed E-state index contributed by atoms with van der Waals surface area (Å²) < 4.78 is 5.63. The lowest BCUT2D eigenvalue weighted by Crippen LogP contribution is -2.37. The molecule has 0 spiro atoms. The van der Waals surface area contributed by atoms with Gasteiger partial charge in [0.15, 0.2) is 0 Å². The largest absolute Gasteiger partial charge is 0.481 e. The van der Waals surface area contributed by atoms with Gasteiger partial charge in [0.1, 0.15) is 11.3 Å². The van der Waals surface area contributed by atoms with E-state index in [1.54, 1.807) is 0 Å². The molecule has 1 heterocycles. The maximum Gasteiger partial charge on any atom is 0.314 e. The maximum atomic E-state index is 11.8. The monoisotopic (exact) mass is 258 g/mol. The van der Waals surface area contributed by atoms with Crippen molar-refractivity contribution in [3.05, 3.63) is 35.6 Å². The smallest absolute Gasteiger partial charge is 0.314 e. The zero-order valence-electron chi connectivity index (χ0n) is 11.1. The molecule has 1 aromatic carbocycles. The Labute approximate surface area is 112 Å². The van der Waals surface area contributed by atoms with Crippen molar-refractivity contribution in [2.24, 2.45) is 0 Å². The van der Waals surface area contributed by atoms with Crippen LogP contribution in [0, 0.1) is 6.92 Å². The van der Waals surface area contributed by atoms with E-state index in [4.69, 9.17) is 4.42 Å². The zero-order valence-corrected chi connectivity index (χ0v) is 11.1. The first-order valence-corrected chi connectivity index (χ1v) is 6.86. The van der Waals surface area contributed by atoms with Gasteiger partial charge >= 0.3 is 5.97 Å². The van der Waals surface area contributed by atoms with E-state index in [1.165, 1.54) is 0 Å². The highest BCUT2D eigenvalue weighted by Gasteiger charge is 2.41. The van der Waals surface area contributed by atoms with Gasteiger partial charge in [-0.15, -0.1) is 0 Å². The number of aryl methyl sites for hydroxylation is 1. The van der Waals surface area contributed by atoms with Gasteiger partial charge in [-0.1, -0.05) is 31.4 Å². The van der Waals surface area contributed by atoms with E-state index >= 15 is 0 Å². The number of benzene rings is 1. The van der Waals surface area contributed by atoms with Crippen molar-refractivity contribution < 1.29 is 14.3 Å². The highest BCUT2D eigenvalue weighted by atomic mass is 16.4. The molecule has 1 saturated carbocycles. The molecule has 0 bridgehead atoms. The predicted octanol–water partition coefficient (Wildman–Crippen LogP) is 4.03. The van der Waals surface area contributed by atoms with Gasteiger partial charge < -0.3 is 9.52 Å². The molecular formula is C16H18O3. The summed E-state index contributed by atoms with van der Waals surface area (Å²) in [6.07, 6.45) is 4.57. The summed E-state index contributed by atoms with van der Waals surface area (Å²) in [4.78, 5) is 11.8. The first kappa shape index (κ1) is 12.3. The fraction of sp³-hybridized carbons (Fsp3) is 0.438. The van der Waals surface area contributed by atoms with E-state index in [-0.39, 0.29) is 0 Å². The number of aliphatic carboxylic acids is 1. The molecule has 3 heteroatoms. The van der Waals surface area contributed by atoms with Gasteiger partial charge in [0.05, 0.1) is 5.41 Å². The van der Waals surface area contributed by atoms with E-state index in [1.807, 2.05) is 31.2 Å². The Balaban J connectivity index is 2.11. The minimum absolute atomic E-state index is 0.699. The molecule has 1 aliphatic carbocycles. The average Bonchev–Trinajstić information content (AvgIpc) is 2.78. The third-order valence-corrected chi connectivity index (χ3v) is 4.31. The first-order chi connectivity index (χ1) is 9.12. The summed E-state index contributed by atoms with van der Waals surface area (Å²) in [6.45, 7) is 1.91. The lowest BCUT2D eigenvalue weighted by atomic mass is 9.69. The minimum Gasteiger partial charge on any atom is -0.481 e. The average molecular weight is 258 g/mol. The number of carbonyl (C=O) groups is 1. The quantitative estimate of drug-likeness (QED) is 0.884. The van der Waals surface area contributed by atoms with Crippen molar-refractivity contribution in [1.82, 2.24) is 0 Å². The zero-order chi connectivity index (χ0) is 13.5. The van der Waals surface area contributed by atoms with Crippen LogP contribution in [0.3, 0.4) is 0 Å². The molecule has 0 radical (unpaired) electrons. The van der Waals surface area contributed by atoms with Gasteiger partial charge in [0, 0.05) is 5.39 Å². The number of carboxylic acid groups (broad SMARTS) is 1. The Morgan fingerprint density at radius 3 is 2.63 bits per heavy atom. The fourth-order valence-electron chi connectivity index (χ4n) is 3.24. The van der Waals surface area contributed by atoms with Crippen LogP contribution < -0.4 is 0 Å². The third kappa shape index (κ3) is 1.93. The van der Waals surface area contributed by atoms with Crippen LogP contribution in [0.15, 0.2) is 28.7 Å². The second kappa shape index (κ2) is 4.41. The number of hydrogen-bond donors (Lipinski definition) is 1. The number of rotatable bonds is 2. The number of carboxylic acids is 1. The standard InChI is InChI=1S/C16H18O3/c1-11-9-12-5-6-13(10-14(12)19-11)16(15(17)18)7-3-2-4-8-16/h5-6,9-10H,2-4,7-8H2,1H3,(H,17,18). The van der Waals surface area contributed by atoms with Crippen LogP contribution in [-0.2, 0) is 10.2 Å². The Morgan fingerprint density at radius 2 is 1.95 bits per heavy atom. The second-order valence-electron chi connectivity index (χ2n) is 5.56. The predicted molar refractivity (Wildman–Crippen MR) is 73.3 cm³/mol. The molecule has 3 rings (SSSR count). The van der Waals surface area contributed by atoms with Crippen LogP contribution >= 0.6 is 0 Å². The molecule has 0 saturated heterocycles. The van der Waals surface area contributed by atoms with E-state index < -0.39 is 11.4 Å². The van der Waals surface area contributed by atoms with Gasteiger partial charge in [0.25, 0.3) is 0 Å². The maximum absolute atomic E-state index is 11.8. The summed E-state index contributed by atoms with van der Waals surface area (Å²) >= 11 is 0. The SMILES string of the molecule is Cc1cc2ccc(C3(C(=O)O)CCCCC3)cc2o1. The minimum atomic E-state index is -0.715. The molecule has 1 aliphatic rings.